The number of alkyl halides is 2. The van der Waals surface area contributed by atoms with Crippen molar-refractivity contribution in [2.75, 3.05) is 0 Å². The van der Waals surface area contributed by atoms with Crippen molar-refractivity contribution < 1.29 is 18.1 Å². The van der Waals surface area contributed by atoms with E-state index in [-0.39, 0.29) is 5.69 Å². The first-order valence-electron chi connectivity index (χ1n) is 6.80. The van der Waals surface area contributed by atoms with E-state index in [0.29, 0.717) is 11.9 Å². The minimum absolute atomic E-state index is 0.247. The van der Waals surface area contributed by atoms with Crippen LogP contribution in [0.3, 0.4) is 0 Å². The number of hydrogen-bond acceptors (Lipinski definition) is 3. The predicted octanol–water partition coefficient (Wildman–Crippen LogP) is 2.22. The fraction of sp³-hybridized carbons (Fsp3) is 0.769. The predicted molar refractivity (Wildman–Crippen MR) is 73.3 cm³/mol. The van der Waals surface area contributed by atoms with Gasteiger partial charge >= 0.3 is 7.12 Å². The molecule has 0 saturated carbocycles. The second-order valence-electron chi connectivity index (χ2n) is 6.11. The van der Waals surface area contributed by atoms with Gasteiger partial charge < -0.3 is 9.31 Å². The summed E-state index contributed by atoms with van der Waals surface area (Å²) in [6.07, 6.45) is -2.05. The van der Waals surface area contributed by atoms with Crippen LogP contribution in [0.1, 0.15) is 52.4 Å². The summed E-state index contributed by atoms with van der Waals surface area (Å²) in [5.41, 5.74) is -0.263. The fourth-order valence-corrected chi connectivity index (χ4v) is 2.40. The van der Waals surface area contributed by atoms with Gasteiger partial charge in [-0.05, 0) is 34.1 Å². The van der Waals surface area contributed by atoms with E-state index in [4.69, 9.17) is 9.31 Å². The molecule has 0 spiro atoms. The van der Waals surface area contributed by atoms with Crippen LogP contribution in [0.4, 0.5) is 8.78 Å². The van der Waals surface area contributed by atoms with Crippen LogP contribution >= 0.6 is 0 Å². The van der Waals surface area contributed by atoms with Crippen molar-refractivity contribution in [1.82, 2.24) is 9.78 Å². The lowest BCUT2D eigenvalue weighted by atomic mass is 9.76. The highest BCUT2D eigenvalue weighted by Gasteiger charge is 2.53. The smallest absolute Gasteiger partial charge is 0.399 e. The molecule has 112 valence electrons. The first-order chi connectivity index (χ1) is 9.10. The highest BCUT2D eigenvalue weighted by Crippen LogP contribution is 2.37. The Balaban J connectivity index is 2.49. The molecule has 1 saturated heterocycles. The van der Waals surface area contributed by atoms with Crippen LogP contribution < -0.4 is 5.46 Å². The van der Waals surface area contributed by atoms with Crippen LogP contribution in [-0.2, 0) is 22.8 Å². The molecule has 1 aliphatic heterocycles. The Morgan fingerprint density at radius 2 is 1.70 bits per heavy atom. The van der Waals surface area contributed by atoms with Crippen LogP contribution in [0.5, 0.6) is 0 Å². The van der Waals surface area contributed by atoms with E-state index in [1.54, 1.807) is 7.05 Å². The summed E-state index contributed by atoms with van der Waals surface area (Å²) in [4.78, 5) is 0. The lowest BCUT2D eigenvalue weighted by molar-refractivity contribution is 0.00578. The Morgan fingerprint density at radius 3 is 2.10 bits per heavy atom. The SMILES string of the molecule is CCc1c(B2OC(C)(C)C(C)(C)O2)c(C(F)F)nn1C. The molecular formula is C13H21BF2N2O2. The standard InChI is InChI=1S/C13H21BF2N2O2/c1-7-8-9(10(11(15)16)17-18(8)6)14-19-12(2,3)13(4,5)20-14/h11H,7H2,1-6H3. The molecule has 0 radical (unpaired) electrons. The van der Waals surface area contributed by atoms with E-state index in [9.17, 15) is 8.78 Å². The molecule has 1 aliphatic rings. The minimum Gasteiger partial charge on any atom is -0.399 e. The Hall–Kier alpha value is -0.945. The third-order valence-electron chi connectivity index (χ3n) is 4.27. The summed E-state index contributed by atoms with van der Waals surface area (Å²) in [7, 11) is 0.868. The largest absolute Gasteiger partial charge is 0.498 e. The zero-order valence-electron chi connectivity index (χ0n) is 12.8. The average molecular weight is 286 g/mol. The second-order valence-corrected chi connectivity index (χ2v) is 6.11. The molecule has 1 fully saturated rings. The molecule has 0 aromatic carbocycles. The molecule has 2 rings (SSSR count). The van der Waals surface area contributed by atoms with E-state index in [1.165, 1.54) is 4.68 Å². The highest BCUT2D eigenvalue weighted by molar-refractivity contribution is 6.63. The van der Waals surface area contributed by atoms with Gasteiger partial charge in [0, 0.05) is 18.2 Å². The van der Waals surface area contributed by atoms with Gasteiger partial charge in [-0.15, -0.1) is 0 Å². The molecule has 0 amide bonds. The van der Waals surface area contributed by atoms with Gasteiger partial charge in [-0.25, -0.2) is 8.78 Å². The van der Waals surface area contributed by atoms with Gasteiger partial charge in [0.2, 0.25) is 0 Å². The maximum Gasteiger partial charge on any atom is 0.498 e. The normalized spacial score (nSPS) is 20.9. The van der Waals surface area contributed by atoms with Crippen LogP contribution in [-0.4, -0.2) is 28.1 Å². The van der Waals surface area contributed by atoms with Gasteiger partial charge in [0.1, 0.15) is 5.69 Å². The van der Waals surface area contributed by atoms with Gasteiger partial charge in [0.05, 0.1) is 11.2 Å². The maximum absolute atomic E-state index is 13.2. The molecule has 2 heterocycles. The molecule has 0 aliphatic carbocycles. The van der Waals surface area contributed by atoms with Gasteiger partial charge in [-0.2, -0.15) is 5.10 Å². The molecule has 20 heavy (non-hydrogen) atoms. The minimum atomic E-state index is -2.64. The van der Waals surface area contributed by atoms with Gasteiger partial charge in [0.15, 0.2) is 0 Å². The van der Waals surface area contributed by atoms with E-state index in [2.05, 4.69) is 5.10 Å². The zero-order valence-corrected chi connectivity index (χ0v) is 12.8. The molecule has 4 nitrogen and oxygen atoms in total. The summed E-state index contributed by atoms with van der Waals surface area (Å²) >= 11 is 0. The average Bonchev–Trinajstić information content (AvgIpc) is 2.73. The topological polar surface area (TPSA) is 36.3 Å². The van der Waals surface area contributed by atoms with Crippen molar-refractivity contribution in [3.05, 3.63) is 11.4 Å². The van der Waals surface area contributed by atoms with Crippen molar-refractivity contribution >= 4 is 12.6 Å². The van der Waals surface area contributed by atoms with Crippen LogP contribution in [0.25, 0.3) is 0 Å². The number of hydrogen-bond donors (Lipinski definition) is 0. The lowest BCUT2D eigenvalue weighted by Crippen LogP contribution is -2.41. The quantitative estimate of drug-likeness (QED) is 0.799. The molecule has 0 bridgehead atoms. The molecule has 1 aromatic rings. The van der Waals surface area contributed by atoms with E-state index in [1.807, 2.05) is 34.6 Å². The maximum atomic E-state index is 13.2. The first kappa shape index (κ1) is 15.4. The van der Waals surface area contributed by atoms with Crippen LogP contribution in [0.2, 0.25) is 0 Å². The highest BCUT2D eigenvalue weighted by atomic mass is 19.3. The number of rotatable bonds is 3. The molecule has 0 N–H and O–H groups in total. The summed E-state index contributed by atoms with van der Waals surface area (Å²) < 4.78 is 39.7. The first-order valence-corrected chi connectivity index (χ1v) is 6.80. The second kappa shape index (κ2) is 4.81. The van der Waals surface area contributed by atoms with Gasteiger partial charge in [-0.3, -0.25) is 4.68 Å². The Kier molecular flexibility index (Phi) is 3.71. The van der Waals surface area contributed by atoms with Gasteiger partial charge in [-0.1, -0.05) is 6.92 Å². The summed E-state index contributed by atoms with van der Waals surface area (Å²) in [5, 5.41) is 3.93. The van der Waals surface area contributed by atoms with E-state index in [0.717, 1.165) is 5.69 Å². The molecular weight excluding hydrogens is 265 g/mol. The van der Waals surface area contributed by atoms with E-state index < -0.39 is 24.7 Å². The van der Waals surface area contributed by atoms with Crippen molar-refractivity contribution in [1.29, 1.82) is 0 Å². The summed E-state index contributed by atoms with van der Waals surface area (Å²) in [5.74, 6) is 0. The number of aromatic nitrogens is 2. The number of nitrogens with zero attached hydrogens (tertiary/aromatic N) is 2. The van der Waals surface area contributed by atoms with E-state index >= 15 is 0 Å². The molecule has 7 heteroatoms. The van der Waals surface area contributed by atoms with Crippen molar-refractivity contribution in [3.63, 3.8) is 0 Å². The molecule has 0 unspecified atom stereocenters. The fourth-order valence-electron chi connectivity index (χ4n) is 2.40. The third kappa shape index (κ3) is 2.27. The summed E-state index contributed by atoms with van der Waals surface area (Å²) in [6.45, 7) is 9.50. The van der Waals surface area contributed by atoms with Crippen molar-refractivity contribution in [2.45, 2.75) is 58.7 Å². The zero-order chi connectivity index (χ0) is 15.3. The molecule has 1 aromatic heterocycles. The van der Waals surface area contributed by atoms with Crippen LogP contribution in [0.15, 0.2) is 0 Å². The Bertz CT molecular complexity index is 499. The van der Waals surface area contributed by atoms with Crippen LogP contribution in [0, 0.1) is 0 Å². The number of halogens is 2. The Labute approximate surface area is 118 Å². The lowest BCUT2D eigenvalue weighted by Gasteiger charge is -2.32. The van der Waals surface area contributed by atoms with Crippen molar-refractivity contribution in [3.8, 4) is 0 Å². The summed E-state index contributed by atoms with van der Waals surface area (Å²) in [6, 6.07) is 0. The van der Waals surface area contributed by atoms with Gasteiger partial charge in [0.25, 0.3) is 6.43 Å². The van der Waals surface area contributed by atoms with Crippen molar-refractivity contribution in [2.24, 2.45) is 7.05 Å². The monoisotopic (exact) mass is 286 g/mol. The third-order valence-corrected chi connectivity index (χ3v) is 4.27. The molecule has 0 atom stereocenters. The number of aryl methyl sites for hydroxylation is 1. The Morgan fingerprint density at radius 1 is 1.20 bits per heavy atom.